The number of nitrogens with one attached hydrogen (secondary N) is 2. The lowest BCUT2D eigenvalue weighted by Crippen LogP contribution is -2.31. The molecule has 2 aliphatic rings. The summed E-state index contributed by atoms with van der Waals surface area (Å²) in [6.45, 7) is 5.21. The van der Waals surface area contributed by atoms with Gasteiger partial charge in [-0.3, -0.25) is 10.2 Å². The Labute approximate surface area is 254 Å². The van der Waals surface area contributed by atoms with E-state index in [-0.39, 0.29) is 12.0 Å². The Morgan fingerprint density at radius 2 is 1.76 bits per heavy atom. The molecule has 1 aromatic carbocycles. The van der Waals surface area contributed by atoms with Crippen molar-refractivity contribution in [3.8, 4) is 10.8 Å². The molecule has 3 aromatic heterocycles. The zero-order valence-electron chi connectivity index (χ0n) is 24.0. The average Bonchev–Trinajstić information content (AvgIpc) is 3.73. The maximum atomic E-state index is 13.2. The largest absolute Gasteiger partial charge is 0.497 e. The van der Waals surface area contributed by atoms with Gasteiger partial charge in [0.25, 0.3) is 0 Å². The first-order chi connectivity index (χ1) is 20.5. The molecule has 10 heteroatoms. The van der Waals surface area contributed by atoms with Crippen LogP contribution in [0.15, 0.2) is 48.8 Å². The average molecular weight is 605 g/mol. The van der Waals surface area contributed by atoms with Crippen molar-refractivity contribution in [3.63, 3.8) is 0 Å². The maximum absolute atomic E-state index is 13.2. The number of amides is 2. The van der Waals surface area contributed by atoms with Crippen LogP contribution >= 0.6 is 22.7 Å². The van der Waals surface area contributed by atoms with Gasteiger partial charge in [-0.2, -0.15) is 0 Å². The second kappa shape index (κ2) is 12.7. The van der Waals surface area contributed by atoms with Crippen LogP contribution in [0.2, 0.25) is 0 Å². The molecular weight excluding hydrogens is 569 g/mol. The Morgan fingerprint density at radius 3 is 2.52 bits per heavy atom. The number of urea groups is 1. The number of hydrogen-bond donors (Lipinski definition) is 2. The van der Waals surface area contributed by atoms with Gasteiger partial charge in [0.1, 0.15) is 15.8 Å². The number of aryl methyl sites for hydroxylation is 1. The number of esters is 1. The van der Waals surface area contributed by atoms with Gasteiger partial charge >= 0.3 is 12.0 Å². The van der Waals surface area contributed by atoms with Gasteiger partial charge in [0.15, 0.2) is 0 Å². The van der Waals surface area contributed by atoms with Crippen molar-refractivity contribution in [3.05, 3.63) is 86.4 Å². The molecule has 0 atom stereocenters. The van der Waals surface area contributed by atoms with Crippen LogP contribution in [0.3, 0.4) is 0 Å². The van der Waals surface area contributed by atoms with E-state index in [2.05, 4.69) is 44.6 Å². The van der Waals surface area contributed by atoms with Gasteiger partial charge in [-0.25, -0.2) is 9.59 Å². The highest BCUT2D eigenvalue weighted by atomic mass is 32.1. The summed E-state index contributed by atoms with van der Waals surface area (Å²) in [6, 6.07) is 12.0. The summed E-state index contributed by atoms with van der Waals surface area (Å²) >= 11 is 3.30. The van der Waals surface area contributed by atoms with Crippen molar-refractivity contribution < 1.29 is 19.1 Å². The SMILES string of the molecule is CCOC(=O)c1c(NC(=O)NCc2c(-n3cccc3)sc3c2CCN(Cc2ccc(OC)cc2)C3)sc2c1CCCC2. The van der Waals surface area contributed by atoms with Crippen molar-refractivity contribution in [2.75, 3.05) is 25.6 Å². The van der Waals surface area contributed by atoms with Crippen LogP contribution < -0.4 is 15.4 Å². The van der Waals surface area contributed by atoms with Crippen molar-refractivity contribution in [2.24, 2.45) is 0 Å². The molecule has 4 aromatic rings. The zero-order valence-corrected chi connectivity index (χ0v) is 25.7. The minimum absolute atomic E-state index is 0.304. The standard InChI is InChI=1S/C32H36N4O4S2/c1-3-40-31(37)28-24-8-4-5-9-26(24)41-29(28)34-32(38)33-18-25-23-14-17-35(19-21-10-12-22(39-2)13-11-21)20-27(23)42-30(25)36-15-6-7-16-36/h6-7,10-13,15-16H,3-5,8-9,14,17-20H2,1-2H3,(H2,33,34,38). The van der Waals surface area contributed by atoms with E-state index in [9.17, 15) is 9.59 Å². The maximum Gasteiger partial charge on any atom is 0.341 e. The molecule has 6 rings (SSSR count). The van der Waals surface area contributed by atoms with E-state index >= 15 is 0 Å². The molecule has 8 nitrogen and oxygen atoms in total. The third-order valence-corrected chi connectivity index (χ3v) is 10.4. The van der Waals surface area contributed by atoms with E-state index in [0.29, 0.717) is 23.7 Å². The van der Waals surface area contributed by atoms with Crippen LogP contribution in [0.25, 0.3) is 5.00 Å². The highest BCUT2D eigenvalue weighted by Crippen LogP contribution is 2.39. The fourth-order valence-electron chi connectivity index (χ4n) is 5.88. The summed E-state index contributed by atoms with van der Waals surface area (Å²) < 4.78 is 12.8. The molecule has 0 fully saturated rings. The van der Waals surface area contributed by atoms with E-state index in [4.69, 9.17) is 9.47 Å². The Morgan fingerprint density at radius 1 is 0.976 bits per heavy atom. The lowest BCUT2D eigenvalue weighted by Gasteiger charge is -2.27. The quantitative estimate of drug-likeness (QED) is 0.212. The molecule has 0 spiro atoms. The van der Waals surface area contributed by atoms with Gasteiger partial charge in [-0.05, 0) is 80.0 Å². The Balaban J connectivity index is 1.18. The minimum atomic E-state index is -0.354. The van der Waals surface area contributed by atoms with Gasteiger partial charge in [-0.15, -0.1) is 22.7 Å². The van der Waals surface area contributed by atoms with Crippen LogP contribution in [0.5, 0.6) is 5.75 Å². The zero-order chi connectivity index (χ0) is 29.1. The smallest absolute Gasteiger partial charge is 0.341 e. The summed E-state index contributed by atoms with van der Waals surface area (Å²) in [4.78, 5) is 31.1. The molecule has 220 valence electrons. The molecular formula is C32H36N4O4S2. The predicted molar refractivity (Wildman–Crippen MR) is 167 cm³/mol. The first kappa shape index (κ1) is 28.5. The van der Waals surface area contributed by atoms with Crippen LogP contribution in [0, 0.1) is 0 Å². The molecule has 42 heavy (non-hydrogen) atoms. The monoisotopic (exact) mass is 604 g/mol. The summed E-state index contributed by atoms with van der Waals surface area (Å²) in [6.07, 6.45) is 8.96. The van der Waals surface area contributed by atoms with Crippen molar-refractivity contribution >= 4 is 39.7 Å². The number of rotatable bonds is 9. The summed E-state index contributed by atoms with van der Waals surface area (Å²) in [5, 5.41) is 7.81. The number of methoxy groups -OCH3 is 1. The summed E-state index contributed by atoms with van der Waals surface area (Å²) in [5.41, 5.74) is 5.32. The van der Waals surface area contributed by atoms with E-state index in [1.54, 1.807) is 25.4 Å². The van der Waals surface area contributed by atoms with Crippen LogP contribution in [-0.2, 0) is 43.6 Å². The highest BCUT2D eigenvalue weighted by molar-refractivity contribution is 7.17. The number of nitrogens with zero attached hydrogens (tertiary/aromatic N) is 2. The molecule has 0 bridgehead atoms. The van der Waals surface area contributed by atoms with Crippen LogP contribution in [-0.4, -0.2) is 41.7 Å². The van der Waals surface area contributed by atoms with Crippen LogP contribution in [0.4, 0.5) is 9.80 Å². The number of carbonyl (C=O) groups is 2. The van der Waals surface area contributed by atoms with Crippen LogP contribution in [0.1, 0.15) is 62.1 Å². The van der Waals surface area contributed by atoms with Gasteiger partial charge in [0, 0.05) is 53.9 Å². The third-order valence-electron chi connectivity index (χ3n) is 7.93. The number of fused-ring (bicyclic) bond motifs is 2. The second-order valence-corrected chi connectivity index (χ2v) is 12.8. The number of thiophene rings is 2. The molecule has 1 aliphatic heterocycles. The number of benzene rings is 1. The van der Waals surface area contributed by atoms with Gasteiger partial charge in [0.05, 0.1) is 19.3 Å². The normalized spacial score (nSPS) is 14.6. The fraction of sp³-hybridized carbons (Fsp3) is 0.375. The third kappa shape index (κ3) is 5.97. The first-order valence-corrected chi connectivity index (χ1v) is 16.2. The topological polar surface area (TPSA) is 84.8 Å². The van der Waals surface area contributed by atoms with Gasteiger partial charge in [-0.1, -0.05) is 12.1 Å². The number of ether oxygens (including phenoxy) is 2. The van der Waals surface area contributed by atoms with E-state index in [1.165, 1.54) is 32.2 Å². The van der Waals surface area contributed by atoms with E-state index in [0.717, 1.165) is 73.6 Å². The predicted octanol–water partition coefficient (Wildman–Crippen LogP) is 6.54. The lowest BCUT2D eigenvalue weighted by atomic mass is 9.95. The molecule has 0 saturated heterocycles. The second-order valence-electron chi connectivity index (χ2n) is 10.6. The Kier molecular flexibility index (Phi) is 8.64. The Hall–Kier alpha value is -3.60. The van der Waals surface area contributed by atoms with Gasteiger partial charge in [0.2, 0.25) is 0 Å². The summed E-state index contributed by atoms with van der Waals surface area (Å²) in [7, 11) is 1.69. The van der Waals surface area contributed by atoms with Crippen molar-refractivity contribution in [2.45, 2.75) is 58.7 Å². The molecule has 2 amide bonds. The number of anilines is 1. The first-order valence-electron chi connectivity index (χ1n) is 14.5. The van der Waals surface area contributed by atoms with E-state index in [1.807, 2.05) is 24.3 Å². The highest BCUT2D eigenvalue weighted by Gasteiger charge is 2.28. The van der Waals surface area contributed by atoms with E-state index < -0.39 is 0 Å². The van der Waals surface area contributed by atoms with Crippen molar-refractivity contribution in [1.82, 2.24) is 14.8 Å². The minimum Gasteiger partial charge on any atom is -0.497 e. The molecule has 0 radical (unpaired) electrons. The fourth-order valence-corrected chi connectivity index (χ4v) is 8.53. The molecule has 4 heterocycles. The molecule has 2 N–H and O–H groups in total. The number of hydrogen-bond acceptors (Lipinski definition) is 7. The Bertz CT molecular complexity index is 1560. The lowest BCUT2D eigenvalue weighted by molar-refractivity contribution is 0.0526. The van der Waals surface area contributed by atoms with Gasteiger partial charge < -0.3 is 19.4 Å². The molecule has 0 saturated carbocycles. The number of aromatic nitrogens is 1. The number of carbonyl (C=O) groups excluding carboxylic acids is 2. The summed E-state index contributed by atoms with van der Waals surface area (Å²) in [5.74, 6) is 0.513. The molecule has 1 aliphatic carbocycles. The molecule has 0 unspecified atom stereocenters. The van der Waals surface area contributed by atoms with Crippen molar-refractivity contribution in [1.29, 1.82) is 0 Å².